The van der Waals surface area contributed by atoms with Gasteiger partial charge in [-0.05, 0) is 23.8 Å². The number of aliphatic hydroxyl groups is 2. The Bertz CT molecular complexity index is 2470. The number of aliphatic carboxylic acids is 2. The van der Waals surface area contributed by atoms with Gasteiger partial charge in [0.25, 0.3) is 5.91 Å². The molecule has 0 aromatic heterocycles. The van der Waals surface area contributed by atoms with Gasteiger partial charge in [-0.15, -0.1) is 0 Å². The third-order valence-electron chi connectivity index (χ3n) is 13.9. The van der Waals surface area contributed by atoms with Crippen molar-refractivity contribution in [1.82, 2.24) is 41.4 Å². The number of likely N-dealkylation sites (N-methyl/N-ethyl adjacent to an activating group) is 2. The smallest absolute Gasteiger partial charge is 0.329 e. The van der Waals surface area contributed by atoms with E-state index >= 15 is 0 Å². The van der Waals surface area contributed by atoms with Crippen LogP contribution in [0.1, 0.15) is 116 Å². The number of fused-ring (bicyclic) bond motifs is 1. The first-order valence-corrected chi connectivity index (χ1v) is 27.4. The molecule has 0 aliphatic carbocycles. The van der Waals surface area contributed by atoms with E-state index in [1.165, 1.54) is 19.1 Å². The van der Waals surface area contributed by atoms with Gasteiger partial charge in [-0.1, -0.05) is 102 Å². The Balaban J connectivity index is 2.19. The molecule has 0 bridgehead atoms. The molecule has 2 heterocycles. The molecule has 1 aromatic carbocycles. The van der Waals surface area contributed by atoms with Crippen molar-refractivity contribution in [2.75, 3.05) is 27.3 Å². The molecule has 11 atom stereocenters. The second kappa shape index (κ2) is 33.9. The molecule has 4 unspecified atom stereocenters. The molecule has 30 heteroatoms. The van der Waals surface area contributed by atoms with Gasteiger partial charge >= 0.3 is 17.9 Å². The van der Waals surface area contributed by atoms with E-state index in [1.807, 2.05) is 0 Å². The first-order chi connectivity index (χ1) is 39.1. The molecule has 2 saturated heterocycles. The van der Waals surface area contributed by atoms with Crippen molar-refractivity contribution < 1.29 is 92.3 Å². The summed E-state index contributed by atoms with van der Waals surface area (Å²) in [4.78, 5) is 183. The number of cyclic esters (lactones) is 1. The highest BCUT2D eigenvalue weighted by molar-refractivity contribution is 6.00. The lowest BCUT2D eigenvalue weighted by molar-refractivity contribution is -0.307. The van der Waals surface area contributed by atoms with Crippen LogP contribution in [0.4, 0.5) is 0 Å². The number of hydroxylamine groups is 2. The number of hydrogen-bond donors (Lipinski definition) is 12. The van der Waals surface area contributed by atoms with Crippen LogP contribution in [0, 0.1) is 11.8 Å². The van der Waals surface area contributed by atoms with E-state index in [4.69, 9.17) is 26.8 Å². The summed E-state index contributed by atoms with van der Waals surface area (Å²) in [6.45, 7) is 3.16. The number of rotatable bonds is 25. The fraction of sp³-hybridized carbons (Fsp3) is 0.642. The Morgan fingerprint density at radius 2 is 1.25 bits per heavy atom. The van der Waals surface area contributed by atoms with Crippen LogP contribution >= 0.6 is 0 Å². The summed E-state index contributed by atoms with van der Waals surface area (Å²) in [6, 6.07) is -8.20. The first-order valence-electron chi connectivity index (χ1n) is 27.4. The predicted octanol–water partition coefficient (Wildman–Crippen LogP) is -3.46. The van der Waals surface area contributed by atoms with Gasteiger partial charge in [-0.2, -0.15) is 0 Å². The highest BCUT2D eigenvalue weighted by atomic mass is 16.7. The first kappa shape index (κ1) is 69.4. The summed E-state index contributed by atoms with van der Waals surface area (Å²) in [7, 11) is 2.03. The van der Waals surface area contributed by atoms with Crippen LogP contribution in [0.3, 0.4) is 0 Å². The quantitative estimate of drug-likeness (QED) is 0.0334. The number of nitrogens with zero attached hydrogens (tertiary/aromatic N) is 3. The molecular weight excluding hydrogens is 1090 g/mol. The van der Waals surface area contributed by atoms with Gasteiger partial charge < -0.3 is 78.7 Å². The Hall–Kier alpha value is -7.83. The molecular formula is C53H81N11O19. The van der Waals surface area contributed by atoms with Crippen molar-refractivity contribution in [3.8, 4) is 0 Å². The fourth-order valence-electron chi connectivity index (χ4n) is 9.21. The molecule has 2 aliphatic heterocycles. The van der Waals surface area contributed by atoms with Crippen molar-refractivity contribution in [2.45, 2.75) is 178 Å². The lowest BCUT2D eigenvalue weighted by atomic mass is 9.97. The Morgan fingerprint density at radius 3 is 1.81 bits per heavy atom. The molecule has 30 nitrogen and oxygen atoms in total. The largest absolute Gasteiger partial charge is 0.481 e. The van der Waals surface area contributed by atoms with Gasteiger partial charge in [0.1, 0.15) is 48.9 Å². The van der Waals surface area contributed by atoms with E-state index < -0.39 is 182 Å². The number of primary amides is 2. The maximum Gasteiger partial charge on any atom is 0.329 e. The minimum Gasteiger partial charge on any atom is -0.481 e. The number of benzene rings is 1. The minimum absolute atomic E-state index is 0.154. The van der Waals surface area contributed by atoms with Gasteiger partial charge in [-0.25, -0.2) is 14.7 Å². The second-order valence-electron chi connectivity index (χ2n) is 21.2. The number of hydrogen-bond acceptors (Lipinski definition) is 18. The summed E-state index contributed by atoms with van der Waals surface area (Å²) in [6.07, 6.45) is -0.478. The highest BCUT2D eigenvalue weighted by Crippen LogP contribution is 2.23. The van der Waals surface area contributed by atoms with Crippen LogP contribution in [0.5, 0.6) is 0 Å². The molecule has 2 aliphatic rings. The summed E-state index contributed by atoms with van der Waals surface area (Å²) in [5.74, 6) is -17.9. The predicted molar refractivity (Wildman–Crippen MR) is 289 cm³/mol. The van der Waals surface area contributed by atoms with E-state index in [0.29, 0.717) is 34.3 Å². The Labute approximate surface area is 479 Å². The monoisotopic (exact) mass is 1180 g/mol. The lowest BCUT2D eigenvalue weighted by Crippen LogP contribution is -2.73. The summed E-state index contributed by atoms with van der Waals surface area (Å²) in [5.41, 5.74) is 17.2. The molecule has 462 valence electrons. The number of ether oxygens (including phenoxy) is 1. The van der Waals surface area contributed by atoms with Crippen LogP contribution < -0.4 is 43.8 Å². The van der Waals surface area contributed by atoms with E-state index in [0.717, 1.165) is 63.9 Å². The normalized spacial score (nSPS) is 24.5. The molecule has 10 amide bonds. The van der Waals surface area contributed by atoms with Gasteiger partial charge in [0.2, 0.25) is 53.2 Å². The number of carboxylic acid groups (broad SMARTS) is 2. The zero-order valence-corrected chi connectivity index (χ0v) is 47.3. The molecule has 83 heavy (non-hydrogen) atoms. The van der Waals surface area contributed by atoms with E-state index in [1.54, 1.807) is 18.2 Å². The maximum absolute atomic E-state index is 14.8. The van der Waals surface area contributed by atoms with Crippen molar-refractivity contribution in [1.29, 1.82) is 0 Å². The van der Waals surface area contributed by atoms with Crippen LogP contribution in [0.15, 0.2) is 30.3 Å². The molecule has 3 rings (SSSR count). The number of nitrogens with one attached hydrogen (secondary N) is 5. The minimum atomic E-state index is -2.33. The van der Waals surface area contributed by atoms with Crippen LogP contribution in [-0.4, -0.2) is 200 Å². The summed E-state index contributed by atoms with van der Waals surface area (Å²) >= 11 is 0. The SMILES string of the molecule is CC(C)CCCCCCCCCCC(=O)N[C@H]1COC(=O)[C@H]([C@H](C)CC(=O)O)NC(=O)[C@H]([C@H](O)CC(N)=O)NC(=O)C(CC(N)=O)N(C)C(=O)C(Cc2ccccc2)N(C)C(=O)[C@@H](CC(=O)O)NC(=O)C2C(N)ON2C(=O)[C@H](CO)NC1=O. The van der Waals surface area contributed by atoms with E-state index in [2.05, 4.69) is 40.4 Å². The second-order valence-corrected chi connectivity index (χ2v) is 21.2. The van der Waals surface area contributed by atoms with Crippen molar-refractivity contribution >= 4 is 77.0 Å². The van der Waals surface area contributed by atoms with Crippen LogP contribution in [0.2, 0.25) is 0 Å². The Morgan fingerprint density at radius 1 is 0.675 bits per heavy atom. The van der Waals surface area contributed by atoms with Gasteiger partial charge in [0.15, 0.2) is 12.3 Å². The van der Waals surface area contributed by atoms with Crippen molar-refractivity contribution in [3.05, 3.63) is 35.9 Å². The van der Waals surface area contributed by atoms with Crippen LogP contribution in [-0.2, 0) is 78.3 Å². The van der Waals surface area contributed by atoms with E-state index in [9.17, 15) is 82.8 Å². The van der Waals surface area contributed by atoms with Crippen LogP contribution in [0.25, 0.3) is 0 Å². The summed E-state index contributed by atoms with van der Waals surface area (Å²) < 4.78 is 5.43. The van der Waals surface area contributed by atoms with E-state index in [-0.39, 0.29) is 12.8 Å². The average molecular weight is 1180 g/mol. The number of unbranched alkanes of at least 4 members (excludes halogenated alkanes) is 7. The third kappa shape index (κ3) is 22.1. The third-order valence-corrected chi connectivity index (χ3v) is 13.9. The van der Waals surface area contributed by atoms with Gasteiger partial charge in [-0.3, -0.25) is 57.5 Å². The number of amides is 10. The number of nitrogens with two attached hydrogens (primary N) is 3. The average Bonchev–Trinajstić information content (AvgIpc) is 3.61. The fourth-order valence-corrected chi connectivity index (χ4v) is 9.21. The molecule has 0 saturated carbocycles. The molecule has 0 spiro atoms. The van der Waals surface area contributed by atoms with Crippen molar-refractivity contribution in [3.63, 3.8) is 0 Å². The Kier molecular flexibility index (Phi) is 28.4. The number of carbonyl (C=O) groups excluding carboxylic acids is 11. The zero-order chi connectivity index (χ0) is 62.2. The summed E-state index contributed by atoms with van der Waals surface area (Å²) in [5, 5.41) is 52.8. The van der Waals surface area contributed by atoms with Gasteiger partial charge in [0.05, 0.1) is 38.4 Å². The highest BCUT2D eigenvalue weighted by Gasteiger charge is 2.51. The number of aliphatic hydroxyl groups excluding tert-OH is 2. The lowest BCUT2D eigenvalue weighted by Gasteiger charge is -2.44. The standard InChI is InChI=1S/C53H81N11O19/c1-28(2)17-13-10-8-6-7-9-11-16-20-39(69)57-33-27-82-53(81)42(29(3)21-40(70)71)60-48(76)43(36(66)25-38(55)68)61-47(75)34(24-37(54)67)62(4)52(80)35(22-30-18-14-12-15-19-30)63(5)50(78)31(23-41(72)73)58-49(77)44-45(56)83-64(44)51(79)32(26-65)59-46(33)74/h12,14-15,18-19,28-29,31-36,42-45,65-66H,6-11,13,16-17,20-27,56H2,1-5H3,(H2,54,67)(H2,55,68)(H,57,69)(H,58,77)(H,59,74)(H,60,76)(H,61,75)(H,70,71)(H,72,73)/t29-,31-,32+,33+,34?,35?,36-,42+,43+,44?,45?/m1/s1. The number of carboxylic acids is 2. The molecule has 2 fully saturated rings. The molecule has 1 aromatic rings. The van der Waals surface area contributed by atoms with Gasteiger partial charge in [0, 0.05) is 26.9 Å². The number of esters is 1. The number of carbonyl (C=O) groups is 13. The topological polar surface area (TPSA) is 469 Å². The maximum atomic E-state index is 14.8. The zero-order valence-electron chi connectivity index (χ0n) is 47.3. The molecule has 15 N–H and O–H groups in total. The van der Waals surface area contributed by atoms with Crippen molar-refractivity contribution in [2.24, 2.45) is 29.0 Å². The molecule has 0 radical (unpaired) electrons.